The number of H-pyrrole nitrogens is 1. The molecule has 0 unspecified atom stereocenters. The highest BCUT2D eigenvalue weighted by Crippen LogP contribution is 2.24. The van der Waals surface area contributed by atoms with E-state index >= 15 is 0 Å². The topological polar surface area (TPSA) is 53.6 Å². The highest BCUT2D eigenvalue weighted by atomic mass is 16.5. The monoisotopic (exact) mass is 396 g/mol. The Labute approximate surface area is 173 Å². The summed E-state index contributed by atoms with van der Waals surface area (Å²) < 4.78 is 11.1. The van der Waals surface area contributed by atoms with E-state index in [9.17, 15) is 0 Å². The Kier molecular flexibility index (Phi) is 6.85. The molecule has 4 rings (SSSR count). The number of aromatic amines is 1. The third kappa shape index (κ3) is 5.19. The third-order valence-corrected chi connectivity index (χ3v) is 5.69. The van der Waals surface area contributed by atoms with E-state index < -0.39 is 0 Å². The quantitative estimate of drug-likeness (QED) is 0.729. The summed E-state index contributed by atoms with van der Waals surface area (Å²) in [5.41, 5.74) is 5.09. The zero-order chi connectivity index (χ0) is 19.9. The van der Waals surface area contributed by atoms with Crippen LogP contribution in [0.4, 0.5) is 11.5 Å². The molecule has 29 heavy (non-hydrogen) atoms. The summed E-state index contributed by atoms with van der Waals surface area (Å²) in [7, 11) is 0. The van der Waals surface area contributed by atoms with Crippen LogP contribution in [0.25, 0.3) is 0 Å². The first-order valence-corrected chi connectivity index (χ1v) is 10.8. The Morgan fingerprint density at radius 3 is 2.38 bits per heavy atom. The van der Waals surface area contributed by atoms with Crippen molar-refractivity contribution in [1.29, 1.82) is 0 Å². The Balaban J connectivity index is 1.48. The molecule has 2 aliphatic heterocycles. The Morgan fingerprint density at radius 2 is 1.66 bits per heavy atom. The van der Waals surface area contributed by atoms with Crippen molar-refractivity contribution in [2.45, 2.75) is 26.2 Å². The molecular formula is C23H32N4O2. The Morgan fingerprint density at radius 1 is 0.966 bits per heavy atom. The van der Waals surface area contributed by atoms with Crippen LogP contribution in [0.1, 0.15) is 23.9 Å². The predicted molar refractivity (Wildman–Crippen MR) is 117 cm³/mol. The van der Waals surface area contributed by atoms with E-state index in [0.29, 0.717) is 0 Å². The largest absolute Gasteiger partial charge is 0.378 e. The number of hydrogen-bond acceptors (Lipinski definition) is 5. The number of aromatic nitrogens is 2. The van der Waals surface area contributed by atoms with Gasteiger partial charge in [-0.05, 0) is 24.1 Å². The zero-order valence-electron chi connectivity index (χ0n) is 17.4. The number of anilines is 2. The minimum Gasteiger partial charge on any atom is -0.378 e. The van der Waals surface area contributed by atoms with E-state index in [0.717, 1.165) is 83.4 Å². The van der Waals surface area contributed by atoms with Crippen LogP contribution in [-0.2, 0) is 28.7 Å². The van der Waals surface area contributed by atoms with Crippen LogP contribution >= 0.6 is 0 Å². The maximum atomic E-state index is 5.53. The lowest BCUT2D eigenvalue weighted by atomic mass is 10.1. The molecule has 0 bridgehead atoms. The van der Waals surface area contributed by atoms with Gasteiger partial charge in [0.2, 0.25) is 0 Å². The summed E-state index contributed by atoms with van der Waals surface area (Å²) in [4.78, 5) is 13.1. The third-order valence-electron chi connectivity index (χ3n) is 5.69. The lowest BCUT2D eigenvalue weighted by Gasteiger charge is -2.32. The maximum absolute atomic E-state index is 5.53. The number of hydrogen-bond donors (Lipinski definition) is 1. The summed E-state index contributed by atoms with van der Waals surface area (Å²) in [5, 5.41) is 0. The Bertz CT molecular complexity index is 769. The van der Waals surface area contributed by atoms with Crippen LogP contribution in [0, 0.1) is 0 Å². The molecule has 0 amide bonds. The molecule has 156 valence electrons. The molecule has 0 aliphatic carbocycles. The number of rotatable bonds is 7. The lowest BCUT2D eigenvalue weighted by molar-refractivity contribution is 0.122. The fraction of sp³-hybridized carbons (Fsp3) is 0.522. The van der Waals surface area contributed by atoms with Crippen LogP contribution in [0.3, 0.4) is 0 Å². The average molecular weight is 397 g/mol. The summed E-state index contributed by atoms with van der Waals surface area (Å²) in [5.74, 6) is 1.07. The van der Waals surface area contributed by atoms with Gasteiger partial charge in [0.25, 0.3) is 0 Å². The number of pyridine rings is 1. The van der Waals surface area contributed by atoms with Gasteiger partial charge in [0, 0.05) is 68.4 Å². The molecule has 0 radical (unpaired) electrons. The van der Waals surface area contributed by atoms with Crippen molar-refractivity contribution in [1.82, 2.24) is 9.97 Å². The molecule has 4 heterocycles. The molecule has 0 atom stereocenters. The number of ether oxygens (including phenoxy) is 2. The minimum atomic E-state index is 0.772. The van der Waals surface area contributed by atoms with Crippen LogP contribution in [-0.4, -0.2) is 62.6 Å². The van der Waals surface area contributed by atoms with E-state index in [1.807, 2.05) is 6.20 Å². The van der Waals surface area contributed by atoms with Gasteiger partial charge in [-0.3, -0.25) is 0 Å². The predicted octanol–water partition coefficient (Wildman–Crippen LogP) is 2.99. The van der Waals surface area contributed by atoms with Crippen LogP contribution in [0.2, 0.25) is 0 Å². The van der Waals surface area contributed by atoms with Crippen molar-refractivity contribution >= 4 is 11.5 Å². The van der Waals surface area contributed by atoms with E-state index in [1.54, 1.807) is 0 Å². The zero-order valence-corrected chi connectivity index (χ0v) is 17.4. The van der Waals surface area contributed by atoms with Gasteiger partial charge in [0.05, 0.1) is 26.4 Å². The molecule has 1 N–H and O–H groups in total. The molecule has 0 saturated carbocycles. The first-order valence-electron chi connectivity index (χ1n) is 10.8. The van der Waals surface area contributed by atoms with Gasteiger partial charge in [0.15, 0.2) is 0 Å². The van der Waals surface area contributed by atoms with Crippen molar-refractivity contribution < 1.29 is 9.47 Å². The fourth-order valence-electron chi connectivity index (χ4n) is 3.98. The highest BCUT2D eigenvalue weighted by Gasteiger charge is 2.17. The number of nitrogens with one attached hydrogen (secondary N) is 1. The van der Waals surface area contributed by atoms with Gasteiger partial charge in [-0.2, -0.15) is 0 Å². The fourth-order valence-corrected chi connectivity index (χ4v) is 3.98. The van der Waals surface area contributed by atoms with Gasteiger partial charge >= 0.3 is 0 Å². The van der Waals surface area contributed by atoms with Gasteiger partial charge < -0.3 is 24.3 Å². The second-order valence-corrected chi connectivity index (χ2v) is 7.59. The molecule has 0 aromatic carbocycles. The van der Waals surface area contributed by atoms with Gasteiger partial charge in [-0.25, -0.2) is 4.98 Å². The normalized spacial score (nSPS) is 18.0. The second kappa shape index (κ2) is 9.94. The van der Waals surface area contributed by atoms with E-state index in [1.165, 1.54) is 16.9 Å². The summed E-state index contributed by atoms with van der Waals surface area (Å²) in [6, 6.07) is 6.65. The summed E-state index contributed by atoms with van der Waals surface area (Å²) in [6.07, 6.45) is 9.38. The SMILES string of the molecule is CCc1cc[nH]c1C/C=C\Cc1cc(N2CCOCC2)cc(N2CCOCC2)n1. The standard InChI is InChI=1S/C23H32N4O2/c1-2-19-7-8-24-22(19)6-4-3-5-20-17-21(26-9-13-28-14-10-26)18-23(25-20)27-11-15-29-16-12-27/h3-4,7-8,17-18,24H,2,5-6,9-16H2,1H3/b4-3-. The van der Waals surface area contributed by atoms with Crippen LogP contribution < -0.4 is 9.80 Å². The smallest absolute Gasteiger partial charge is 0.131 e. The lowest BCUT2D eigenvalue weighted by Crippen LogP contribution is -2.38. The second-order valence-electron chi connectivity index (χ2n) is 7.59. The molecule has 2 aromatic heterocycles. The van der Waals surface area contributed by atoms with Gasteiger partial charge in [-0.15, -0.1) is 0 Å². The maximum Gasteiger partial charge on any atom is 0.131 e. The molecule has 2 saturated heterocycles. The molecule has 2 fully saturated rings. The van der Waals surface area contributed by atoms with Crippen molar-refractivity contribution in [3.63, 3.8) is 0 Å². The van der Waals surface area contributed by atoms with Crippen LogP contribution in [0.15, 0.2) is 36.5 Å². The number of nitrogens with zero attached hydrogens (tertiary/aromatic N) is 3. The minimum absolute atomic E-state index is 0.772. The van der Waals surface area contributed by atoms with Crippen molar-refractivity contribution in [2.24, 2.45) is 0 Å². The number of allylic oxidation sites excluding steroid dienone is 2. The molecular weight excluding hydrogens is 364 g/mol. The number of aryl methyl sites for hydroxylation is 1. The van der Waals surface area contributed by atoms with Crippen LogP contribution in [0.5, 0.6) is 0 Å². The molecule has 6 heteroatoms. The van der Waals surface area contributed by atoms with Gasteiger partial charge in [-0.1, -0.05) is 19.1 Å². The molecule has 6 nitrogen and oxygen atoms in total. The van der Waals surface area contributed by atoms with Crippen molar-refractivity contribution in [3.8, 4) is 0 Å². The molecule has 0 spiro atoms. The summed E-state index contributed by atoms with van der Waals surface area (Å²) in [6.45, 7) is 9.01. The number of morpholine rings is 2. The van der Waals surface area contributed by atoms with Crippen molar-refractivity contribution in [2.75, 3.05) is 62.4 Å². The van der Waals surface area contributed by atoms with Gasteiger partial charge in [0.1, 0.15) is 5.82 Å². The van der Waals surface area contributed by atoms with Crippen molar-refractivity contribution in [3.05, 3.63) is 53.5 Å². The highest BCUT2D eigenvalue weighted by molar-refractivity contribution is 5.57. The molecule has 2 aliphatic rings. The van der Waals surface area contributed by atoms with E-state index in [-0.39, 0.29) is 0 Å². The Hall–Kier alpha value is -2.31. The van der Waals surface area contributed by atoms with E-state index in [2.05, 4.69) is 52.1 Å². The first-order chi connectivity index (χ1) is 14.3. The summed E-state index contributed by atoms with van der Waals surface area (Å²) >= 11 is 0. The molecule has 2 aromatic rings. The first kappa shape index (κ1) is 20.0. The average Bonchev–Trinajstić information content (AvgIpc) is 3.25. The van der Waals surface area contributed by atoms with E-state index in [4.69, 9.17) is 14.5 Å².